The van der Waals surface area contributed by atoms with Gasteiger partial charge in [0.1, 0.15) is 5.75 Å². The Labute approximate surface area is 150 Å². The largest absolute Gasteiger partial charge is 0.484 e. The number of carbonyl (C=O) groups excluding carboxylic acids is 2. The Morgan fingerprint density at radius 2 is 1.88 bits per heavy atom. The lowest BCUT2D eigenvalue weighted by atomic mass is 9.96. The summed E-state index contributed by atoms with van der Waals surface area (Å²) in [4.78, 5) is 25.6. The predicted octanol–water partition coefficient (Wildman–Crippen LogP) is 4.33. The Hall–Kier alpha value is -1.85. The summed E-state index contributed by atoms with van der Waals surface area (Å²) < 4.78 is 5.46. The van der Waals surface area contributed by atoms with Gasteiger partial charge in [0.2, 0.25) is 11.7 Å². The van der Waals surface area contributed by atoms with Crippen LogP contribution in [0.4, 0.5) is 0 Å². The van der Waals surface area contributed by atoms with E-state index in [9.17, 15) is 9.59 Å². The zero-order valence-electron chi connectivity index (χ0n) is 13.9. The quantitative estimate of drug-likeness (QED) is 0.775. The van der Waals surface area contributed by atoms with E-state index >= 15 is 0 Å². The van der Waals surface area contributed by atoms with Gasteiger partial charge in [-0.05, 0) is 24.3 Å². The van der Waals surface area contributed by atoms with Crippen LogP contribution in [0.5, 0.6) is 5.75 Å². The molecule has 0 unspecified atom stereocenters. The zero-order valence-corrected chi connectivity index (χ0v) is 15.5. The number of hydrogen-bond acceptors (Lipinski definition) is 4. The van der Waals surface area contributed by atoms with Crippen LogP contribution in [0.2, 0.25) is 5.02 Å². The van der Waals surface area contributed by atoms with Crippen molar-refractivity contribution in [3.05, 3.63) is 51.2 Å². The highest BCUT2D eigenvalue weighted by atomic mass is 35.5. The molecule has 0 saturated carbocycles. The Morgan fingerprint density at radius 1 is 1.17 bits per heavy atom. The van der Waals surface area contributed by atoms with Crippen LogP contribution in [-0.2, 0) is 11.3 Å². The average Bonchev–Trinajstić information content (AvgIpc) is 2.99. The molecule has 1 aromatic carbocycles. The van der Waals surface area contributed by atoms with E-state index in [1.54, 1.807) is 30.3 Å². The van der Waals surface area contributed by atoms with Crippen LogP contribution in [0.25, 0.3) is 0 Å². The number of Topliss-reactive ketones (excluding diaryl/α,β-unsaturated/α-hetero) is 1. The Kier molecular flexibility index (Phi) is 6.02. The van der Waals surface area contributed by atoms with E-state index in [-0.39, 0.29) is 18.3 Å². The van der Waals surface area contributed by atoms with Crippen LogP contribution in [0, 0.1) is 5.41 Å². The second kappa shape index (κ2) is 7.81. The monoisotopic (exact) mass is 365 g/mol. The number of hydrogen-bond donors (Lipinski definition) is 1. The van der Waals surface area contributed by atoms with Gasteiger partial charge in [0.25, 0.3) is 0 Å². The van der Waals surface area contributed by atoms with Crippen LogP contribution in [0.3, 0.4) is 0 Å². The number of ketones is 1. The summed E-state index contributed by atoms with van der Waals surface area (Å²) in [6.45, 7) is 5.92. The van der Waals surface area contributed by atoms with Crippen LogP contribution in [0.15, 0.2) is 36.4 Å². The van der Waals surface area contributed by atoms with E-state index in [1.165, 1.54) is 11.3 Å². The number of ether oxygens (including phenoxy) is 1. The molecule has 6 heteroatoms. The number of carbonyl (C=O) groups is 2. The van der Waals surface area contributed by atoms with Gasteiger partial charge in [0.05, 0.1) is 16.4 Å². The molecule has 1 aromatic heterocycles. The van der Waals surface area contributed by atoms with Gasteiger partial charge >= 0.3 is 0 Å². The molecule has 2 aromatic rings. The molecule has 0 radical (unpaired) electrons. The average molecular weight is 366 g/mol. The number of thiophene rings is 1. The minimum atomic E-state index is -0.432. The van der Waals surface area contributed by atoms with Crippen LogP contribution < -0.4 is 10.1 Å². The molecule has 128 valence electrons. The molecular formula is C18H20ClNO3S. The standard InChI is InChI=1S/C18H20ClNO3S/c1-18(2,3)17(22)20-10-12-8-9-16(24-12)14(21)11-23-15-7-5-4-6-13(15)19/h4-9H,10-11H2,1-3H3,(H,20,22). The number of nitrogens with one attached hydrogen (secondary N) is 1. The molecule has 0 fully saturated rings. The summed E-state index contributed by atoms with van der Waals surface area (Å²) in [6, 6.07) is 10.6. The van der Waals surface area contributed by atoms with Gasteiger partial charge < -0.3 is 10.1 Å². The van der Waals surface area contributed by atoms with Gasteiger partial charge in [0, 0.05) is 10.3 Å². The first-order chi connectivity index (χ1) is 11.3. The summed E-state index contributed by atoms with van der Waals surface area (Å²) >= 11 is 7.35. The van der Waals surface area contributed by atoms with Gasteiger partial charge in [0.15, 0.2) is 6.61 Å². The van der Waals surface area contributed by atoms with Crippen LogP contribution >= 0.6 is 22.9 Å². The third-order valence-corrected chi connectivity index (χ3v) is 4.67. The van der Waals surface area contributed by atoms with Gasteiger partial charge in [-0.25, -0.2) is 0 Å². The highest BCUT2D eigenvalue weighted by Crippen LogP contribution is 2.24. The SMILES string of the molecule is CC(C)(C)C(=O)NCc1ccc(C(=O)COc2ccccc2Cl)s1. The third kappa shape index (κ3) is 5.08. The van der Waals surface area contributed by atoms with Gasteiger partial charge in [-0.3, -0.25) is 9.59 Å². The van der Waals surface area contributed by atoms with E-state index in [0.29, 0.717) is 22.2 Å². The molecule has 24 heavy (non-hydrogen) atoms. The van der Waals surface area contributed by atoms with Crippen molar-refractivity contribution >= 4 is 34.6 Å². The van der Waals surface area contributed by atoms with E-state index < -0.39 is 5.41 Å². The summed E-state index contributed by atoms with van der Waals surface area (Å²) in [6.07, 6.45) is 0. The van der Waals surface area contributed by atoms with Crippen molar-refractivity contribution in [2.45, 2.75) is 27.3 Å². The number of benzene rings is 1. The van der Waals surface area contributed by atoms with Gasteiger partial charge in [-0.1, -0.05) is 44.5 Å². The van der Waals surface area contributed by atoms with E-state index in [1.807, 2.05) is 26.8 Å². The van der Waals surface area contributed by atoms with Crippen molar-refractivity contribution in [3.8, 4) is 5.75 Å². The minimum Gasteiger partial charge on any atom is -0.484 e. The maximum absolute atomic E-state index is 12.2. The fraction of sp³-hybridized carbons (Fsp3) is 0.333. The smallest absolute Gasteiger partial charge is 0.225 e. The van der Waals surface area contributed by atoms with E-state index in [2.05, 4.69) is 5.32 Å². The zero-order chi connectivity index (χ0) is 17.7. The molecule has 4 nitrogen and oxygen atoms in total. The first kappa shape index (κ1) is 18.5. The van der Waals surface area contributed by atoms with Crippen molar-refractivity contribution in [3.63, 3.8) is 0 Å². The lowest BCUT2D eigenvalue weighted by Crippen LogP contribution is -2.34. The highest BCUT2D eigenvalue weighted by molar-refractivity contribution is 7.14. The third-order valence-electron chi connectivity index (χ3n) is 3.24. The molecule has 0 aliphatic heterocycles. The van der Waals surface area contributed by atoms with E-state index in [4.69, 9.17) is 16.3 Å². The Bertz CT molecular complexity index is 734. The molecule has 0 atom stereocenters. The Balaban J connectivity index is 1.89. The molecule has 1 N–H and O–H groups in total. The number of halogens is 1. The van der Waals surface area contributed by atoms with Crippen LogP contribution in [-0.4, -0.2) is 18.3 Å². The lowest BCUT2D eigenvalue weighted by molar-refractivity contribution is -0.128. The Morgan fingerprint density at radius 3 is 2.54 bits per heavy atom. The molecule has 0 saturated heterocycles. The maximum Gasteiger partial charge on any atom is 0.225 e. The normalized spacial score (nSPS) is 11.2. The first-order valence-electron chi connectivity index (χ1n) is 7.55. The first-order valence-corrected chi connectivity index (χ1v) is 8.74. The lowest BCUT2D eigenvalue weighted by Gasteiger charge is -2.17. The van der Waals surface area contributed by atoms with Gasteiger partial charge in [-0.15, -0.1) is 11.3 Å². The molecule has 0 aliphatic carbocycles. The van der Waals surface area contributed by atoms with Crippen molar-refractivity contribution in [1.29, 1.82) is 0 Å². The molecule has 0 bridgehead atoms. The molecule has 2 rings (SSSR count). The fourth-order valence-corrected chi connectivity index (χ4v) is 2.89. The highest BCUT2D eigenvalue weighted by Gasteiger charge is 2.21. The molecule has 1 amide bonds. The van der Waals surface area contributed by atoms with E-state index in [0.717, 1.165) is 4.88 Å². The molecular weight excluding hydrogens is 346 g/mol. The molecule has 0 spiro atoms. The maximum atomic E-state index is 12.2. The summed E-state index contributed by atoms with van der Waals surface area (Å²) in [5, 5.41) is 3.34. The molecule has 0 aliphatic rings. The van der Waals surface area contributed by atoms with Crippen LogP contribution in [0.1, 0.15) is 35.3 Å². The summed E-state index contributed by atoms with van der Waals surface area (Å²) in [5.41, 5.74) is -0.432. The van der Waals surface area contributed by atoms with Gasteiger partial charge in [-0.2, -0.15) is 0 Å². The number of amides is 1. The number of rotatable bonds is 6. The van der Waals surface area contributed by atoms with Crippen molar-refractivity contribution in [2.75, 3.05) is 6.61 Å². The molecule has 1 heterocycles. The second-order valence-electron chi connectivity index (χ2n) is 6.34. The van der Waals surface area contributed by atoms with Crippen molar-refractivity contribution in [2.24, 2.45) is 5.41 Å². The van der Waals surface area contributed by atoms with Crippen molar-refractivity contribution in [1.82, 2.24) is 5.32 Å². The summed E-state index contributed by atoms with van der Waals surface area (Å²) in [7, 11) is 0. The number of para-hydroxylation sites is 1. The van der Waals surface area contributed by atoms with Crippen molar-refractivity contribution < 1.29 is 14.3 Å². The summed E-state index contributed by atoms with van der Waals surface area (Å²) in [5.74, 6) is 0.348. The minimum absolute atomic E-state index is 0.0224. The topological polar surface area (TPSA) is 55.4 Å². The fourth-order valence-electron chi connectivity index (χ4n) is 1.83. The second-order valence-corrected chi connectivity index (χ2v) is 7.92. The predicted molar refractivity (Wildman–Crippen MR) is 96.9 cm³/mol.